The molecule has 0 radical (unpaired) electrons. The Morgan fingerprint density at radius 2 is 1.17 bits per heavy atom. The van der Waals surface area contributed by atoms with Crippen molar-refractivity contribution >= 4 is 109 Å². The summed E-state index contributed by atoms with van der Waals surface area (Å²) in [5.41, 5.74) is -1.13. The van der Waals surface area contributed by atoms with Crippen LogP contribution >= 0.6 is 11.6 Å². The summed E-state index contributed by atoms with van der Waals surface area (Å²) in [5.74, 6) is -2.02. The molecule has 0 spiro atoms. The van der Waals surface area contributed by atoms with Crippen molar-refractivity contribution in [1.82, 2.24) is 15.0 Å². The third kappa shape index (κ3) is 10.2. The number of fused-ring (bicyclic) bond motifs is 1. The monoisotopic (exact) mass is 962 g/mol. The lowest BCUT2D eigenvalue weighted by Crippen LogP contribution is -2.13. The van der Waals surface area contributed by atoms with E-state index in [-0.39, 0.29) is 49.8 Å². The van der Waals surface area contributed by atoms with Crippen molar-refractivity contribution in [3.63, 3.8) is 0 Å². The van der Waals surface area contributed by atoms with Gasteiger partial charge in [0.1, 0.15) is 21.2 Å². The average molecular weight is 963 g/mol. The van der Waals surface area contributed by atoms with Gasteiger partial charge in [0.2, 0.25) is 17.2 Å². The van der Waals surface area contributed by atoms with Crippen molar-refractivity contribution in [2.75, 3.05) is 44.4 Å². The topological polar surface area (TPSA) is 310 Å². The number of anilines is 5. The first kappa shape index (κ1) is 46.3. The number of rotatable bonds is 16. The van der Waals surface area contributed by atoms with Gasteiger partial charge in [0.15, 0.2) is 5.75 Å². The summed E-state index contributed by atoms with van der Waals surface area (Å²) in [5, 5.41) is 27.0. The summed E-state index contributed by atoms with van der Waals surface area (Å²) in [6, 6.07) is 19.3. The number of nitrogens with one attached hydrogen (secondary N) is 3. The zero-order valence-corrected chi connectivity index (χ0v) is 36.7. The van der Waals surface area contributed by atoms with E-state index >= 15 is 0 Å². The van der Waals surface area contributed by atoms with Crippen molar-refractivity contribution in [2.24, 2.45) is 10.2 Å². The molecule has 0 saturated carbocycles. The highest BCUT2D eigenvalue weighted by atomic mass is 35.5. The lowest BCUT2D eigenvalue weighted by atomic mass is 10.1. The van der Waals surface area contributed by atoms with E-state index in [1.165, 1.54) is 42.5 Å². The molecule has 0 saturated heterocycles. The van der Waals surface area contributed by atoms with Crippen LogP contribution < -0.4 is 16.0 Å². The number of azo groups is 1. The Balaban J connectivity index is 1.46. The summed E-state index contributed by atoms with van der Waals surface area (Å²) in [7, 11) is -14.3. The van der Waals surface area contributed by atoms with Gasteiger partial charge in [0.05, 0.1) is 43.9 Å². The predicted molar refractivity (Wildman–Crippen MR) is 225 cm³/mol. The maximum absolute atomic E-state index is 13.3. The number of hydrogen-bond acceptors (Lipinski definition) is 21. The molecule has 5 aromatic carbocycles. The second-order valence-electron chi connectivity index (χ2n) is 12.4. The van der Waals surface area contributed by atoms with Gasteiger partial charge in [0, 0.05) is 22.3 Å². The SMILES string of the molecule is COS(=O)(=O)c1ccc(Nc2nc(Cl)nc(Nc3ccc(S(=O)(=O)OC)c(N=Nc4c(S(=O)(=O)OC)cc5cc(S(=O)(=O)OC)cc(NC(=O)c6ccccc6)c5c4O)c3)n2)cc1. The van der Waals surface area contributed by atoms with E-state index in [0.29, 0.717) is 5.69 Å². The summed E-state index contributed by atoms with van der Waals surface area (Å²) in [6.07, 6.45) is 0. The van der Waals surface area contributed by atoms with Crippen LogP contribution in [0.1, 0.15) is 10.4 Å². The van der Waals surface area contributed by atoms with Gasteiger partial charge < -0.3 is 21.1 Å². The minimum absolute atomic E-state index is 0.0478. The minimum Gasteiger partial charge on any atom is -0.505 e. The molecule has 330 valence electrons. The normalized spacial score (nSPS) is 12.4. The van der Waals surface area contributed by atoms with Crippen molar-refractivity contribution < 1.29 is 60.3 Å². The molecule has 0 aliphatic rings. The smallest absolute Gasteiger partial charge is 0.299 e. The molecule has 0 aliphatic heterocycles. The highest BCUT2D eigenvalue weighted by Gasteiger charge is 2.28. The van der Waals surface area contributed by atoms with E-state index in [2.05, 4.69) is 49.5 Å². The minimum atomic E-state index is -4.82. The number of benzene rings is 5. The Labute approximate surface area is 364 Å². The Bertz CT molecular complexity index is 3250. The molecule has 0 atom stereocenters. The van der Waals surface area contributed by atoms with Gasteiger partial charge in [-0.05, 0) is 89.8 Å². The molecule has 1 aromatic heterocycles. The van der Waals surface area contributed by atoms with Gasteiger partial charge >= 0.3 is 0 Å². The number of amides is 1. The number of halogens is 1. The molecule has 27 heteroatoms. The zero-order valence-electron chi connectivity index (χ0n) is 32.7. The first-order valence-corrected chi connectivity index (χ1v) is 23.3. The Kier molecular flexibility index (Phi) is 13.4. The molecule has 4 N–H and O–H groups in total. The van der Waals surface area contributed by atoms with Gasteiger partial charge in [0.25, 0.3) is 46.4 Å². The molecule has 0 aliphatic carbocycles. The molecule has 0 unspecified atom stereocenters. The van der Waals surface area contributed by atoms with Crippen LogP contribution in [0.3, 0.4) is 0 Å². The van der Waals surface area contributed by atoms with Crippen LogP contribution in [0.25, 0.3) is 10.8 Å². The average Bonchev–Trinajstić information content (AvgIpc) is 3.26. The molecule has 22 nitrogen and oxygen atoms in total. The number of hydrogen-bond donors (Lipinski definition) is 4. The van der Waals surface area contributed by atoms with Crippen molar-refractivity contribution in [3.05, 3.63) is 102 Å². The number of carbonyl (C=O) groups is 1. The Morgan fingerprint density at radius 3 is 1.78 bits per heavy atom. The van der Waals surface area contributed by atoms with Crippen molar-refractivity contribution in [2.45, 2.75) is 19.6 Å². The van der Waals surface area contributed by atoms with E-state index in [4.69, 9.17) is 20.0 Å². The van der Waals surface area contributed by atoms with Crippen LogP contribution in [0.4, 0.5) is 40.3 Å². The van der Waals surface area contributed by atoms with Gasteiger partial charge in [-0.3, -0.25) is 21.5 Å². The summed E-state index contributed by atoms with van der Waals surface area (Å²) < 4.78 is 121. The summed E-state index contributed by atoms with van der Waals surface area (Å²) >= 11 is 6.16. The van der Waals surface area contributed by atoms with E-state index in [1.54, 1.807) is 18.2 Å². The van der Waals surface area contributed by atoms with Crippen molar-refractivity contribution in [3.8, 4) is 5.75 Å². The summed E-state index contributed by atoms with van der Waals surface area (Å²) in [6.45, 7) is 0. The zero-order chi connectivity index (χ0) is 45.9. The van der Waals surface area contributed by atoms with E-state index in [1.807, 2.05) is 0 Å². The molecule has 1 heterocycles. The number of nitrogens with zero attached hydrogens (tertiary/aromatic N) is 5. The maximum atomic E-state index is 13.3. The van der Waals surface area contributed by atoms with Gasteiger partial charge in [-0.25, -0.2) is 0 Å². The largest absolute Gasteiger partial charge is 0.505 e. The standard InChI is InChI=1S/C36H31ClN8O14S4/c1-56-60(48,49)24-13-10-22(11-14-24)38-35-41-34(37)42-36(43-35)39-23-12-15-28(62(52,53)58-3)26(18-23)44-45-31-29(63(54,55)59-4)17-21-16-25(61(50,51)57-2)19-27(30(21)32(31)46)40-33(47)20-8-6-5-7-9-20/h5-19,46H,1-4H3,(H,40,47)(H2,38,39,41,42,43). The second-order valence-corrected chi connectivity index (χ2v) is 19.5. The molecule has 6 aromatic rings. The van der Waals surface area contributed by atoms with Crippen LogP contribution in [0, 0.1) is 0 Å². The molecule has 1 amide bonds. The second kappa shape index (κ2) is 18.2. The predicted octanol–water partition coefficient (Wildman–Crippen LogP) is 5.88. The van der Waals surface area contributed by atoms with Gasteiger partial charge in [-0.15, -0.1) is 10.2 Å². The van der Waals surface area contributed by atoms with E-state index in [0.717, 1.165) is 58.8 Å². The van der Waals surface area contributed by atoms with Gasteiger partial charge in [-0.1, -0.05) is 18.2 Å². The third-order valence-corrected chi connectivity index (χ3v) is 13.9. The fraction of sp³-hybridized carbons (Fsp3) is 0.111. The van der Waals surface area contributed by atoms with Crippen LogP contribution in [0.15, 0.2) is 121 Å². The molecule has 6 rings (SSSR count). The van der Waals surface area contributed by atoms with Crippen LogP contribution in [0.5, 0.6) is 5.75 Å². The van der Waals surface area contributed by atoms with Crippen LogP contribution in [-0.2, 0) is 57.2 Å². The van der Waals surface area contributed by atoms with E-state index < -0.39 is 78.2 Å². The molecular formula is C36H31ClN8O14S4. The number of carbonyl (C=O) groups excluding carboxylic acids is 1. The van der Waals surface area contributed by atoms with Gasteiger partial charge in [-0.2, -0.15) is 48.6 Å². The highest BCUT2D eigenvalue weighted by molar-refractivity contribution is 7.87. The molecule has 63 heavy (non-hydrogen) atoms. The van der Waals surface area contributed by atoms with E-state index in [9.17, 15) is 43.6 Å². The maximum Gasteiger partial charge on any atom is 0.299 e. The molecular weight excluding hydrogens is 932 g/mol. The van der Waals surface area contributed by atoms with Crippen LogP contribution in [0.2, 0.25) is 5.28 Å². The number of phenols is 1. The lowest BCUT2D eigenvalue weighted by molar-refractivity contribution is 0.102. The fourth-order valence-electron chi connectivity index (χ4n) is 5.56. The van der Waals surface area contributed by atoms with Crippen molar-refractivity contribution in [1.29, 1.82) is 0 Å². The Morgan fingerprint density at radius 1 is 0.619 bits per heavy atom. The number of phenolic OH excluding ortho intramolecular Hbond substituents is 1. The highest BCUT2D eigenvalue weighted by Crippen LogP contribution is 2.46. The number of aromatic hydroxyl groups is 1. The molecule has 0 fully saturated rings. The first-order valence-electron chi connectivity index (χ1n) is 17.3. The lowest BCUT2D eigenvalue weighted by Gasteiger charge is -2.16. The quantitative estimate of drug-likeness (QED) is 0.0650. The van der Waals surface area contributed by atoms with Crippen LogP contribution in [-0.4, -0.2) is 88.1 Å². The summed E-state index contributed by atoms with van der Waals surface area (Å²) in [4.78, 5) is 23.5. The fourth-order valence-corrected chi connectivity index (χ4v) is 8.70. The number of aromatic nitrogens is 3. The third-order valence-electron chi connectivity index (χ3n) is 8.59. The Hall–Kier alpha value is -6.23. The first-order chi connectivity index (χ1) is 29.7. The molecule has 0 bridgehead atoms.